The van der Waals surface area contributed by atoms with Crippen molar-refractivity contribution in [3.05, 3.63) is 40.3 Å². The lowest BCUT2D eigenvalue weighted by atomic mass is 10.2. The summed E-state index contributed by atoms with van der Waals surface area (Å²) in [5, 5.41) is 4.37. The van der Waals surface area contributed by atoms with E-state index < -0.39 is 5.82 Å². The molecule has 0 amide bonds. The first kappa shape index (κ1) is 10.6. The molecule has 0 radical (unpaired) electrons. The molecule has 0 saturated carbocycles. The number of hydrogen-bond acceptors (Lipinski definition) is 2. The first-order chi connectivity index (χ1) is 8.16. The molecule has 1 aromatic carbocycles. The standard InChI is InChI=1S/C12H11ClFN3/c13-9-5-4-7(6-10(9)14)17-11-3-1-2-8(11)12(15)16-17/h4-6H,1-3H2,(H2,15,16). The summed E-state index contributed by atoms with van der Waals surface area (Å²) in [5.74, 6) is 0.109. The third-order valence-electron chi connectivity index (χ3n) is 3.11. The predicted octanol–water partition coefficient (Wildman–Crippen LogP) is 2.74. The zero-order valence-corrected chi connectivity index (χ0v) is 9.84. The SMILES string of the molecule is Nc1nn(-c2ccc(Cl)c(F)c2)c2c1CCC2. The van der Waals surface area contributed by atoms with Gasteiger partial charge in [0.05, 0.1) is 10.7 Å². The molecule has 88 valence electrons. The van der Waals surface area contributed by atoms with Crippen molar-refractivity contribution in [1.82, 2.24) is 9.78 Å². The quantitative estimate of drug-likeness (QED) is 0.847. The summed E-state index contributed by atoms with van der Waals surface area (Å²) in [5.41, 5.74) is 8.70. The van der Waals surface area contributed by atoms with Crippen molar-refractivity contribution in [2.45, 2.75) is 19.3 Å². The first-order valence-corrected chi connectivity index (χ1v) is 5.86. The Hall–Kier alpha value is -1.55. The summed E-state index contributed by atoms with van der Waals surface area (Å²) in [7, 11) is 0. The lowest BCUT2D eigenvalue weighted by Crippen LogP contribution is -2.02. The number of hydrogen-bond donors (Lipinski definition) is 1. The fraction of sp³-hybridized carbons (Fsp3) is 0.250. The van der Waals surface area contributed by atoms with Crippen LogP contribution in [0.25, 0.3) is 5.69 Å². The second-order valence-electron chi connectivity index (χ2n) is 4.17. The van der Waals surface area contributed by atoms with E-state index in [0.717, 1.165) is 30.5 Å². The molecule has 0 saturated heterocycles. The van der Waals surface area contributed by atoms with Crippen LogP contribution in [0.3, 0.4) is 0 Å². The van der Waals surface area contributed by atoms with Crippen LogP contribution in [0.2, 0.25) is 5.02 Å². The van der Waals surface area contributed by atoms with E-state index in [9.17, 15) is 4.39 Å². The molecule has 5 heteroatoms. The lowest BCUT2D eigenvalue weighted by Gasteiger charge is -2.05. The van der Waals surface area contributed by atoms with Crippen LogP contribution in [0.5, 0.6) is 0 Å². The van der Waals surface area contributed by atoms with Crippen LogP contribution in [0.4, 0.5) is 10.2 Å². The first-order valence-electron chi connectivity index (χ1n) is 5.48. The van der Waals surface area contributed by atoms with E-state index >= 15 is 0 Å². The molecule has 1 aliphatic rings. The molecule has 0 aliphatic heterocycles. The highest BCUT2D eigenvalue weighted by Crippen LogP contribution is 2.29. The Labute approximate surface area is 103 Å². The Morgan fingerprint density at radius 3 is 2.94 bits per heavy atom. The van der Waals surface area contributed by atoms with Gasteiger partial charge in [-0.05, 0) is 31.4 Å². The molecule has 2 aromatic rings. The highest BCUT2D eigenvalue weighted by atomic mass is 35.5. The van der Waals surface area contributed by atoms with Gasteiger partial charge in [0.15, 0.2) is 0 Å². The lowest BCUT2D eigenvalue weighted by molar-refractivity contribution is 0.625. The van der Waals surface area contributed by atoms with Gasteiger partial charge in [-0.1, -0.05) is 11.6 Å². The summed E-state index contributed by atoms with van der Waals surface area (Å²) in [6.07, 6.45) is 2.97. The van der Waals surface area contributed by atoms with E-state index in [1.807, 2.05) is 0 Å². The zero-order valence-electron chi connectivity index (χ0n) is 9.08. The summed E-state index contributed by atoms with van der Waals surface area (Å²) in [6, 6.07) is 4.66. The molecule has 1 aliphatic carbocycles. The van der Waals surface area contributed by atoms with Gasteiger partial charge in [0.1, 0.15) is 11.6 Å². The summed E-state index contributed by atoms with van der Waals surface area (Å²) in [4.78, 5) is 0. The molecule has 17 heavy (non-hydrogen) atoms. The molecule has 3 rings (SSSR count). The fourth-order valence-electron chi connectivity index (χ4n) is 2.30. The normalized spacial score (nSPS) is 14.0. The molecule has 0 unspecified atom stereocenters. The number of halogens is 2. The van der Waals surface area contributed by atoms with E-state index in [4.69, 9.17) is 17.3 Å². The number of anilines is 1. The van der Waals surface area contributed by atoms with Gasteiger partial charge < -0.3 is 5.73 Å². The monoisotopic (exact) mass is 251 g/mol. The second kappa shape index (κ2) is 3.74. The largest absolute Gasteiger partial charge is 0.382 e. The minimum absolute atomic E-state index is 0.116. The minimum atomic E-state index is -0.440. The van der Waals surface area contributed by atoms with Crippen molar-refractivity contribution in [2.75, 3.05) is 5.73 Å². The maximum atomic E-state index is 13.4. The van der Waals surface area contributed by atoms with Gasteiger partial charge in [-0.2, -0.15) is 5.10 Å². The van der Waals surface area contributed by atoms with E-state index in [0.29, 0.717) is 11.5 Å². The Morgan fingerprint density at radius 2 is 2.18 bits per heavy atom. The van der Waals surface area contributed by atoms with E-state index in [1.54, 1.807) is 10.7 Å². The summed E-state index contributed by atoms with van der Waals surface area (Å²) >= 11 is 5.66. The topological polar surface area (TPSA) is 43.8 Å². The van der Waals surface area contributed by atoms with Crippen LogP contribution in [0, 0.1) is 5.82 Å². The van der Waals surface area contributed by atoms with Gasteiger partial charge in [-0.25, -0.2) is 9.07 Å². The molecular weight excluding hydrogens is 241 g/mol. The number of nitrogens with two attached hydrogens (primary N) is 1. The Kier molecular flexibility index (Phi) is 2.33. The molecule has 0 bridgehead atoms. The highest BCUT2D eigenvalue weighted by Gasteiger charge is 2.21. The highest BCUT2D eigenvalue weighted by molar-refractivity contribution is 6.30. The molecule has 0 spiro atoms. The van der Waals surface area contributed by atoms with Gasteiger partial charge in [-0.3, -0.25) is 0 Å². The van der Waals surface area contributed by atoms with Crippen LogP contribution >= 0.6 is 11.6 Å². The summed E-state index contributed by atoms with van der Waals surface area (Å²) in [6.45, 7) is 0. The van der Waals surface area contributed by atoms with Crippen molar-refractivity contribution in [1.29, 1.82) is 0 Å². The van der Waals surface area contributed by atoms with Crippen LogP contribution < -0.4 is 5.73 Å². The molecule has 2 N–H and O–H groups in total. The number of rotatable bonds is 1. The van der Waals surface area contributed by atoms with Crippen LogP contribution in [-0.2, 0) is 12.8 Å². The van der Waals surface area contributed by atoms with Crippen molar-refractivity contribution in [3.8, 4) is 5.69 Å². The van der Waals surface area contributed by atoms with Crippen LogP contribution in [0.1, 0.15) is 17.7 Å². The predicted molar refractivity (Wildman–Crippen MR) is 65.0 cm³/mol. The summed E-state index contributed by atoms with van der Waals surface area (Å²) < 4.78 is 15.1. The van der Waals surface area contributed by atoms with Gasteiger partial charge in [-0.15, -0.1) is 0 Å². The number of benzene rings is 1. The number of fused-ring (bicyclic) bond motifs is 1. The average molecular weight is 252 g/mol. The van der Waals surface area contributed by atoms with Crippen LogP contribution in [0.15, 0.2) is 18.2 Å². The molecule has 0 fully saturated rings. The maximum absolute atomic E-state index is 13.4. The van der Waals surface area contributed by atoms with Crippen molar-refractivity contribution in [3.63, 3.8) is 0 Å². The maximum Gasteiger partial charge on any atom is 0.149 e. The van der Waals surface area contributed by atoms with Gasteiger partial charge >= 0.3 is 0 Å². The third kappa shape index (κ3) is 1.60. The minimum Gasteiger partial charge on any atom is -0.382 e. The van der Waals surface area contributed by atoms with E-state index in [1.165, 1.54) is 12.1 Å². The third-order valence-corrected chi connectivity index (χ3v) is 3.42. The molecule has 3 nitrogen and oxygen atoms in total. The van der Waals surface area contributed by atoms with Gasteiger partial charge in [0, 0.05) is 17.3 Å². The zero-order chi connectivity index (χ0) is 12.0. The number of aromatic nitrogens is 2. The molecular formula is C12H11ClFN3. The second-order valence-corrected chi connectivity index (χ2v) is 4.58. The number of nitrogens with zero attached hydrogens (tertiary/aromatic N) is 2. The smallest absolute Gasteiger partial charge is 0.149 e. The van der Waals surface area contributed by atoms with Crippen molar-refractivity contribution in [2.24, 2.45) is 0 Å². The van der Waals surface area contributed by atoms with E-state index in [-0.39, 0.29) is 5.02 Å². The van der Waals surface area contributed by atoms with E-state index in [2.05, 4.69) is 5.10 Å². The molecule has 0 atom stereocenters. The molecule has 1 aromatic heterocycles. The van der Waals surface area contributed by atoms with Gasteiger partial charge in [0.2, 0.25) is 0 Å². The average Bonchev–Trinajstić information content (AvgIpc) is 2.87. The van der Waals surface area contributed by atoms with Crippen LogP contribution in [-0.4, -0.2) is 9.78 Å². The number of nitrogen functional groups attached to an aromatic ring is 1. The van der Waals surface area contributed by atoms with Crippen molar-refractivity contribution >= 4 is 17.4 Å². The Balaban J connectivity index is 2.15. The fourth-order valence-corrected chi connectivity index (χ4v) is 2.41. The van der Waals surface area contributed by atoms with Gasteiger partial charge in [0.25, 0.3) is 0 Å². The van der Waals surface area contributed by atoms with Crippen molar-refractivity contribution < 1.29 is 4.39 Å². The Bertz CT molecular complexity index is 592. The Morgan fingerprint density at radius 1 is 1.35 bits per heavy atom. The molecule has 1 heterocycles.